The number of para-hydroxylation sites is 1. The second kappa shape index (κ2) is 5.25. The SMILES string of the molecule is CC(N)Cc1cccc(F)c1N1CCn2ccnc2C1. The number of hydrogen-bond donors (Lipinski definition) is 1. The number of hydrogen-bond acceptors (Lipinski definition) is 3. The minimum Gasteiger partial charge on any atom is -0.360 e. The van der Waals surface area contributed by atoms with Crippen LogP contribution >= 0.6 is 0 Å². The van der Waals surface area contributed by atoms with Crippen LogP contribution in [0.1, 0.15) is 18.3 Å². The maximum Gasteiger partial charge on any atom is 0.146 e. The van der Waals surface area contributed by atoms with Gasteiger partial charge in [-0.3, -0.25) is 0 Å². The predicted octanol–water partition coefficient (Wildman–Crippen LogP) is 1.93. The van der Waals surface area contributed by atoms with Crippen LogP contribution in [0.5, 0.6) is 0 Å². The van der Waals surface area contributed by atoms with Gasteiger partial charge in [0.25, 0.3) is 0 Å². The van der Waals surface area contributed by atoms with Gasteiger partial charge in [0.05, 0.1) is 12.2 Å². The molecule has 0 spiro atoms. The molecule has 2 heterocycles. The monoisotopic (exact) mass is 274 g/mol. The summed E-state index contributed by atoms with van der Waals surface area (Å²) in [6.07, 6.45) is 4.44. The Morgan fingerprint density at radius 3 is 3.05 bits per heavy atom. The van der Waals surface area contributed by atoms with Crippen LogP contribution in [0.25, 0.3) is 0 Å². The molecule has 3 rings (SSSR count). The number of nitrogens with zero attached hydrogens (tertiary/aromatic N) is 3. The standard InChI is InChI=1S/C15H19FN4/c1-11(17)9-12-3-2-4-13(16)15(12)20-8-7-19-6-5-18-14(19)10-20/h2-6,11H,7-10,17H2,1H3. The van der Waals surface area contributed by atoms with Gasteiger partial charge in [-0.1, -0.05) is 12.1 Å². The lowest BCUT2D eigenvalue weighted by Gasteiger charge is -2.31. The molecule has 0 saturated heterocycles. The molecule has 0 radical (unpaired) electrons. The summed E-state index contributed by atoms with van der Waals surface area (Å²) < 4.78 is 16.4. The average molecular weight is 274 g/mol. The molecule has 1 atom stereocenters. The Bertz CT molecular complexity index is 606. The summed E-state index contributed by atoms with van der Waals surface area (Å²) in [5, 5.41) is 0. The largest absolute Gasteiger partial charge is 0.360 e. The second-order valence-corrected chi connectivity index (χ2v) is 5.39. The zero-order valence-electron chi connectivity index (χ0n) is 11.6. The van der Waals surface area contributed by atoms with Crippen molar-refractivity contribution in [2.75, 3.05) is 11.4 Å². The number of nitrogens with two attached hydrogens (primary N) is 1. The van der Waals surface area contributed by atoms with Crippen molar-refractivity contribution in [3.63, 3.8) is 0 Å². The van der Waals surface area contributed by atoms with Crippen LogP contribution < -0.4 is 10.6 Å². The maximum absolute atomic E-state index is 14.3. The van der Waals surface area contributed by atoms with E-state index in [4.69, 9.17) is 5.73 Å². The average Bonchev–Trinajstić information content (AvgIpc) is 2.85. The number of halogens is 1. The van der Waals surface area contributed by atoms with Crippen molar-refractivity contribution in [3.8, 4) is 0 Å². The smallest absolute Gasteiger partial charge is 0.146 e. The number of imidazole rings is 1. The van der Waals surface area contributed by atoms with E-state index >= 15 is 0 Å². The highest BCUT2D eigenvalue weighted by Crippen LogP contribution is 2.28. The van der Waals surface area contributed by atoms with Gasteiger partial charge in [-0.05, 0) is 25.0 Å². The van der Waals surface area contributed by atoms with Crippen LogP contribution in [0.15, 0.2) is 30.6 Å². The van der Waals surface area contributed by atoms with Gasteiger partial charge >= 0.3 is 0 Å². The van der Waals surface area contributed by atoms with E-state index in [9.17, 15) is 4.39 Å². The fourth-order valence-corrected chi connectivity index (χ4v) is 2.79. The third-order valence-electron chi connectivity index (χ3n) is 3.67. The lowest BCUT2D eigenvalue weighted by Crippen LogP contribution is -2.35. The van der Waals surface area contributed by atoms with Crippen LogP contribution in [-0.2, 0) is 19.5 Å². The Hall–Kier alpha value is -1.88. The molecule has 0 saturated carbocycles. The normalized spacial score (nSPS) is 16.1. The highest BCUT2D eigenvalue weighted by Gasteiger charge is 2.22. The quantitative estimate of drug-likeness (QED) is 0.930. The van der Waals surface area contributed by atoms with E-state index in [1.807, 2.05) is 19.2 Å². The fraction of sp³-hybridized carbons (Fsp3) is 0.400. The van der Waals surface area contributed by atoms with Crippen molar-refractivity contribution in [2.45, 2.75) is 32.5 Å². The van der Waals surface area contributed by atoms with Crippen LogP contribution in [0, 0.1) is 5.82 Å². The van der Waals surface area contributed by atoms with Crippen molar-refractivity contribution in [1.82, 2.24) is 9.55 Å². The first-order valence-corrected chi connectivity index (χ1v) is 6.93. The highest BCUT2D eigenvalue weighted by atomic mass is 19.1. The van der Waals surface area contributed by atoms with E-state index in [1.165, 1.54) is 6.07 Å². The zero-order valence-corrected chi connectivity index (χ0v) is 11.6. The summed E-state index contributed by atoms with van der Waals surface area (Å²) in [4.78, 5) is 6.39. The zero-order chi connectivity index (χ0) is 14.1. The maximum atomic E-state index is 14.3. The number of aromatic nitrogens is 2. The number of anilines is 1. The summed E-state index contributed by atoms with van der Waals surface area (Å²) >= 11 is 0. The van der Waals surface area contributed by atoms with Crippen LogP contribution in [0.2, 0.25) is 0 Å². The van der Waals surface area contributed by atoms with Crippen molar-refractivity contribution in [1.29, 1.82) is 0 Å². The minimum absolute atomic E-state index is 0.0160. The molecule has 1 aliphatic heterocycles. The van der Waals surface area contributed by atoms with Crippen molar-refractivity contribution < 1.29 is 4.39 Å². The third kappa shape index (κ3) is 2.41. The topological polar surface area (TPSA) is 47.1 Å². The van der Waals surface area contributed by atoms with Gasteiger partial charge in [0.2, 0.25) is 0 Å². The van der Waals surface area contributed by atoms with Gasteiger partial charge in [0, 0.05) is 31.5 Å². The van der Waals surface area contributed by atoms with Crippen LogP contribution in [0.3, 0.4) is 0 Å². The van der Waals surface area contributed by atoms with Gasteiger partial charge in [0.1, 0.15) is 11.6 Å². The highest BCUT2D eigenvalue weighted by molar-refractivity contribution is 5.55. The van der Waals surface area contributed by atoms with E-state index in [1.54, 1.807) is 12.3 Å². The molecule has 2 N–H and O–H groups in total. The molecule has 20 heavy (non-hydrogen) atoms. The Labute approximate surface area is 118 Å². The molecular formula is C15H19FN4. The van der Waals surface area contributed by atoms with Gasteiger partial charge < -0.3 is 15.2 Å². The van der Waals surface area contributed by atoms with Crippen molar-refractivity contribution in [3.05, 3.63) is 47.8 Å². The molecule has 0 bridgehead atoms. The molecule has 106 valence electrons. The van der Waals surface area contributed by atoms with Gasteiger partial charge in [0.15, 0.2) is 0 Å². The molecule has 5 heteroatoms. The van der Waals surface area contributed by atoms with Crippen LogP contribution in [0.4, 0.5) is 10.1 Å². The summed E-state index contributed by atoms with van der Waals surface area (Å²) in [5.74, 6) is 0.800. The molecule has 4 nitrogen and oxygen atoms in total. The first kappa shape index (κ1) is 13.1. The minimum atomic E-state index is -0.178. The summed E-state index contributed by atoms with van der Waals surface area (Å²) in [6, 6.07) is 5.24. The Morgan fingerprint density at radius 2 is 2.25 bits per heavy atom. The molecule has 1 unspecified atom stereocenters. The first-order chi connectivity index (χ1) is 9.65. The van der Waals surface area contributed by atoms with E-state index < -0.39 is 0 Å². The van der Waals surface area contributed by atoms with E-state index in [2.05, 4.69) is 14.5 Å². The number of fused-ring (bicyclic) bond motifs is 1. The Kier molecular flexibility index (Phi) is 3.44. The van der Waals surface area contributed by atoms with Crippen LogP contribution in [-0.4, -0.2) is 22.1 Å². The fourth-order valence-electron chi connectivity index (χ4n) is 2.79. The summed E-state index contributed by atoms with van der Waals surface area (Å²) in [6.45, 7) is 4.20. The molecule has 0 amide bonds. The Morgan fingerprint density at radius 1 is 1.40 bits per heavy atom. The molecule has 1 aliphatic rings. The second-order valence-electron chi connectivity index (χ2n) is 5.39. The van der Waals surface area contributed by atoms with Crippen molar-refractivity contribution >= 4 is 5.69 Å². The number of benzene rings is 1. The lowest BCUT2D eigenvalue weighted by atomic mass is 10.0. The molecule has 0 aliphatic carbocycles. The molecule has 2 aromatic rings. The third-order valence-corrected chi connectivity index (χ3v) is 3.67. The molecule has 1 aromatic carbocycles. The lowest BCUT2D eigenvalue weighted by molar-refractivity contribution is 0.540. The molecule has 1 aromatic heterocycles. The van der Waals surface area contributed by atoms with Gasteiger partial charge in [-0.25, -0.2) is 9.37 Å². The van der Waals surface area contributed by atoms with E-state index in [0.717, 1.165) is 24.5 Å². The van der Waals surface area contributed by atoms with Crippen molar-refractivity contribution in [2.24, 2.45) is 5.73 Å². The van der Waals surface area contributed by atoms with E-state index in [-0.39, 0.29) is 11.9 Å². The summed E-state index contributed by atoms with van der Waals surface area (Å²) in [5.41, 5.74) is 7.53. The van der Waals surface area contributed by atoms with E-state index in [0.29, 0.717) is 18.7 Å². The first-order valence-electron chi connectivity index (χ1n) is 6.93. The molecular weight excluding hydrogens is 255 g/mol. The predicted molar refractivity (Wildman–Crippen MR) is 77.0 cm³/mol. The van der Waals surface area contributed by atoms with Gasteiger partial charge in [-0.15, -0.1) is 0 Å². The number of rotatable bonds is 3. The summed E-state index contributed by atoms with van der Waals surface area (Å²) in [7, 11) is 0. The van der Waals surface area contributed by atoms with Gasteiger partial charge in [-0.2, -0.15) is 0 Å². The Balaban J connectivity index is 1.94. The molecule has 0 fully saturated rings.